The van der Waals surface area contributed by atoms with Gasteiger partial charge >= 0.3 is 218 Å². The van der Waals surface area contributed by atoms with Crippen LogP contribution in [0.25, 0.3) is 0 Å². The molecule has 1 aliphatic heterocycles. The van der Waals surface area contributed by atoms with Gasteiger partial charge in [0, 0.05) is 0 Å². The molecular weight excluding hydrogens is 539 g/mol. The topological polar surface area (TPSA) is 18.5 Å². The van der Waals surface area contributed by atoms with Gasteiger partial charge in [-0.05, 0) is 0 Å². The second-order valence-corrected chi connectivity index (χ2v) is 30.0. The van der Waals surface area contributed by atoms with Gasteiger partial charge < -0.3 is 0 Å². The first-order chi connectivity index (χ1) is 16.0. The van der Waals surface area contributed by atoms with Crippen LogP contribution in [0.4, 0.5) is 0 Å². The summed E-state index contributed by atoms with van der Waals surface area (Å²) in [5, 5.41) is 0. The molecule has 2 nitrogen and oxygen atoms in total. The average Bonchev–Trinajstić information content (AvgIpc) is 3.11. The Hall–Kier alpha value is -0.0244. The first-order valence-corrected chi connectivity index (χ1v) is 25.5. The summed E-state index contributed by atoms with van der Waals surface area (Å²) in [6.45, 7) is 18.1. The minimum atomic E-state index is -2.30. The van der Waals surface area contributed by atoms with Crippen LogP contribution in [0.15, 0.2) is 21.3 Å². The molecule has 1 aliphatic carbocycles. The zero-order chi connectivity index (χ0) is 25.2. The molecule has 1 fully saturated rings. The van der Waals surface area contributed by atoms with Crippen molar-refractivity contribution in [2.24, 2.45) is 0 Å². The van der Waals surface area contributed by atoms with E-state index >= 15 is 0 Å². The summed E-state index contributed by atoms with van der Waals surface area (Å²) in [6, 6.07) is 0. The Labute approximate surface area is 217 Å². The van der Waals surface area contributed by atoms with Crippen LogP contribution in [0.2, 0.25) is 33.0 Å². The molecule has 2 rings (SSSR count). The van der Waals surface area contributed by atoms with Crippen LogP contribution in [0, 0.1) is 11.5 Å². The van der Waals surface area contributed by atoms with Crippen LogP contribution >= 0.6 is 0 Å². The van der Waals surface area contributed by atoms with Crippen molar-refractivity contribution in [3.05, 3.63) is 21.3 Å². The first kappa shape index (κ1) is 30.2. The van der Waals surface area contributed by atoms with Gasteiger partial charge in [-0.15, -0.1) is 0 Å². The van der Waals surface area contributed by atoms with Crippen LogP contribution in [0.3, 0.4) is 0 Å². The Bertz CT molecular complexity index is 728. The van der Waals surface area contributed by atoms with E-state index in [0.29, 0.717) is 0 Å². The summed E-state index contributed by atoms with van der Waals surface area (Å²) >= 11 is -2.30. The molecule has 0 aromatic heterocycles. The molecule has 194 valence electrons. The van der Waals surface area contributed by atoms with E-state index in [2.05, 4.69) is 75.9 Å². The Balaban J connectivity index is 2.42. The maximum absolute atomic E-state index is 6.54. The normalized spacial score (nSPS) is 23.4. The Morgan fingerprint density at radius 3 is 2.00 bits per heavy atom. The second-order valence-electron chi connectivity index (χ2n) is 12.3. The fraction of sp³-hybridized carbons (Fsp3) is 0.800. The molecule has 0 aromatic carbocycles. The van der Waals surface area contributed by atoms with E-state index in [1.165, 1.54) is 76.7 Å². The van der Waals surface area contributed by atoms with Crippen LogP contribution in [0.1, 0.15) is 98.8 Å². The van der Waals surface area contributed by atoms with E-state index in [4.69, 9.17) is 9.47 Å². The molecule has 1 saturated heterocycles. The van der Waals surface area contributed by atoms with Crippen molar-refractivity contribution >= 4 is 26.5 Å². The molecule has 0 unspecified atom stereocenters. The molecule has 2 aliphatic rings. The second kappa shape index (κ2) is 14.1. The van der Waals surface area contributed by atoms with Crippen LogP contribution in [-0.4, -0.2) is 44.4 Å². The van der Waals surface area contributed by atoms with Crippen LogP contribution in [-0.2, 0) is 9.47 Å². The van der Waals surface area contributed by atoms with E-state index in [9.17, 15) is 0 Å². The van der Waals surface area contributed by atoms with Crippen molar-refractivity contribution in [3.63, 3.8) is 0 Å². The Morgan fingerprint density at radius 2 is 1.47 bits per heavy atom. The van der Waals surface area contributed by atoms with Gasteiger partial charge in [0.05, 0.1) is 0 Å². The van der Waals surface area contributed by atoms with Gasteiger partial charge in [-0.25, -0.2) is 0 Å². The fourth-order valence-corrected chi connectivity index (χ4v) is 20.1. The Morgan fingerprint density at radius 1 is 0.912 bits per heavy atom. The van der Waals surface area contributed by atoms with Crippen molar-refractivity contribution < 1.29 is 9.47 Å². The van der Waals surface area contributed by atoms with E-state index in [1.807, 2.05) is 0 Å². The summed E-state index contributed by atoms with van der Waals surface area (Å²) in [5.74, 6) is 2.96. The molecule has 34 heavy (non-hydrogen) atoms. The predicted octanol–water partition coefficient (Wildman–Crippen LogP) is 9.20. The fourth-order valence-electron chi connectivity index (χ4n) is 5.37. The zero-order valence-corrected chi connectivity index (χ0v) is 27.7. The summed E-state index contributed by atoms with van der Waals surface area (Å²) < 4.78 is 20.3. The number of hydrogen-bond acceptors (Lipinski definition) is 2. The predicted molar refractivity (Wildman–Crippen MR) is 154 cm³/mol. The zero-order valence-electron chi connectivity index (χ0n) is 23.8. The molecule has 0 spiro atoms. The molecule has 1 heterocycles. The van der Waals surface area contributed by atoms with Crippen molar-refractivity contribution in [2.75, 3.05) is 0 Å². The van der Waals surface area contributed by atoms with Gasteiger partial charge in [0.2, 0.25) is 0 Å². The van der Waals surface area contributed by atoms with E-state index in [-0.39, 0.29) is 12.2 Å². The quantitative estimate of drug-likeness (QED) is 0.166. The monoisotopic (exact) mass is 594 g/mol. The number of ether oxygens (including phenoxy) is 2. The minimum absolute atomic E-state index is 0.00896. The molecule has 0 radical (unpaired) electrons. The molecule has 0 saturated carbocycles. The van der Waals surface area contributed by atoms with E-state index in [1.54, 1.807) is 5.57 Å². The Kier molecular flexibility index (Phi) is 12.5. The van der Waals surface area contributed by atoms with Gasteiger partial charge in [0.1, 0.15) is 0 Å². The summed E-state index contributed by atoms with van der Waals surface area (Å²) in [7, 11) is -1.46. The van der Waals surface area contributed by atoms with Crippen LogP contribution < -0.4 is 0 Å². The molecule has 0 amide bonds. The number of unbranched alkanes of at least 4 members (excludes halogenated alkanes) is 3. The third kappa shape index (κ3) is 9.79. The summed E-state index contributed by atoms with van der Waals surface area (Å²) in [6.07, 6.45) is 15.6. The average molecular weight is 594 g/mol. The number of allylic oxidation sites excluding steroid dienone is 2. The van der Waals surface area contributed by atoms with Gasteiger partial charge in [-0.3, -0.25) is 0 Å². The third-order valence-electron chi connectivity index (χ3n) is 7.31. The van der Waals surface area contributed by atoms with Gasteiger partial charge in [-0.2, -0.15) is 0 Å². The van der Waals surface area contributed by atoms with Gasteiger partial charge in [0.25, 0.3) is 0 Å². The molecule has 4 heteroatoms. The molecule has 0 N–H and O–H groups in total. The van der Waals surface area contributed by atoms with Crippen LogP contribution in [0.5, 0.6) is 0 Å². The standard InChI is InChI=1S/C18H27O2Si.3C4H9.Sn/c1-7-14-10-8-9-11-15(14)17-16(12-13-21(4,5)6)19-18(2,3)20-17;3*1-3-4-2;/h1,7,16-17H,8-11H2,2-6H3;3*1,3-4H2,2H3;/t16-,17-;;;;/m0..../s1. The summed E-state index contributed by atoms with van der Waals surface area (Å²) in [5.41, 5.74) is 6.61. The first-order valence-electron chi connectivity index (χ1n) is 14.3. The third-order valence-corrected chi connectivity index (χ3v) is 22.2. The van der Waals surface area contributed by atoms with Crippen molar-refractivity contribution in [2.45, 2.75) is 150 Å². The number of rotatable bonds is 12. The molecular formula is C30H54O2SiSn. The van der Waals surface area contributed by atoms with Gasteiger partial charge in [0.15, 0.2) is 0 Å². The molecule has 0 bridgehead atoms. The van der Waals surface area contributed by atoms with Crippen molar-refractivity contribution in [1.29, 1.82) is 0 Å². The van der Waals surface area contributed by atoms with Gasteiger partial charge in [-0.1, -0.05) is 0 Å². The SMILES string of the molecule is CCC[CH2][Sn](/[CH]=C/C1=C([C@@H]2OC(C)(C)O[C@H]2C#C[Si](C)(C)C)CCCC1)([CH2]CCC)[CH2]CCC. The maximum atomic E-state index is 6.54. The van der Waals surface area contributed by atoms with E-state index < -0.39 is 32.2 Å². The van der Waals surface area contributed by atoms with E-state index in [0.717, 1.165) is 6.42 Å². The van der Waals surface area contributed by atoms with Crippen molar-refractivity contribution in [1.82, 2.24) is 0 Å². The molecule has 2 atom stereocenters. The number of hydrogen-bond donors (Lipinski definition) is 0. The van der Waals surface area contributed by atoms with Crippen molar-refractivity contribution in [3.8, 4) is 11.5 Å². The summed E-state index contributed by atoms with van der Waals surface area (Å²) in [4.78, 5) is 0. The molecule has 0 aromatic rings.